The quantitative estimate of drug-likeness (QED) is 0.110. The molecule has 1 heterocycles. The average Bonchev–Trinajstić information content (AvgIpc) is 3.30. The van der Waals surface area contributed by atoms with E-state index in [1.54, 1.807) is 0 Å². The van der Waals surface area contributed by atoms with Gasteiger partial charge in [-0.15, -0.1) is 6.58 Å². The van der Waals surface area contributed by atoms with Gasteiger partial charge in [0.1, 0.15) is 17.1 Å². The van der Waals surface area contributed by atoms with Crippen LogP contribution in [0.25, 0.3) is 22.3 Å². The van der Waals surface area contributed by atoms with Crippen molar-refractivity contribution in [3.05, 3.63) is 66.2 Å². The van der Waals surface area contributed by atoms with Crippen LogP contribution in [0.3, 0.4) is 0 Å². The number of rotatable bonds is 15. The first-order chi connectivity index (χ1) is 18.1. The molecule has 0 radical (unpaired) electrons. The molecule has 0 fully saturated rings. The molecule has 0 aliphatic rings. The second-order valence-electron chi connectivity index (χ2n) is 12.2. The number of furan rings is 1. The van der Waals surface area contributed by atoms with Crippen LogP contribution in [0.4, 0.5) is 0 Å². The second kappa shape index (κ2) is 13.7. The molecule has 0 bridgehead atoms. The number of hydrogen-bond donors (Lipinski definition) is 0. The molecule has 0 spiro atoms. The summed E-state index contributed by atoms with van der Waals surface area (Å²) in [6, 6.07) is 15.2. The zero-order chi connectivity index (χ0) is 27.8. The molecular weight excluding hydrogens is 484 g/mol. The molecule has 1 atom stereocenters. The summed E-state index contributed by atoms with van der Waals surface area (Å²) in [6.45, 7) is 21.2. The Labute approximate surface area is 232 Å². The monoisotopic (exact) mass is 534 g/mol. The SMILES string of the molecule is C=CCCC(COc1ccc2cc(-c3ccc(CCCCC)cc3CC)oc2c1)CO[Si](C)(C)C(C)(C)C. The highest BCUT2D eigenvalue weighted by Gasteiger charge is 2.37. The van der Waals surface area contributed by atoms with E-state index >= 15 is 0 Å². The lowest BCUT2D eigenvalue weighted by Crippen LogP contribution is -2.42. The molecule has 1 unspecified atom stereocenters. The van der Waals surface area contributed by atoms with Crippen LogP contribution in [0.15, 0.2) is 59.5 Å². The van der Waals surface area contributed by atoms with Crippen LogP contribution in [0, 0.1) is 5.92 Å². The van der Waals surface area contributed by atoms with Crippen LogP contribution in [-0.2, 0) is 17.3 Å². The van der Waals surface area contributed by atoms with Gasteiger partial charge in [0.15, 0.2) is 8.32 Å². The summed E-state index contributed by atoms with van der Waals surface area (Å²) in [6.07, 6.45) is 9.90. The van der Waals surface area contributed by atoms with Gasteiger partial charge in [-0.2, -0.15) is 0 Å². The van der Waals surface area contributed by atoms with Crippen LogP contribution in [0.1, 0.15) is 77.8 Å². The minimum absolute atomic E-state index is 0.200. The van der Waals surface area contributed by atoms with Crippen molar-refractivity contribution >= 4 is 19.3 Å². The van der Waals surface area contributed by atoms with E-state index in [2.05, 4.69) is 90.7 Å². The fourth-order valence-electron chi connectivity index (χ4n) is 4.47. The minimum atomic E-state index is -1.80. The molecule has 4 heteroatoms. The standard InChI is InChI=1S/C34H50O3Si/c1-9-12-14-16-26-17-20-31(28(11-3)21-26)33-22-29-18-19-30(23-32(29)37-33)35-24-27(15-13-10-2)25-36-38(7,8)34(4,5)6/h10,17-23,27H,2,9,11-16,24-25H2,1,3-8H3. The van der Waals surface area contributed by atoms with Crippen LogP contribution >= 0.6 is 0 Å². The Morgan fingerprint density at radius 2 is 1.79 bits per heavy atom. The van der Waals surface area contributed by atoms with E-state index in [0.717, 1.165) is 54.8 Å². The first-order valence-electron chi connectivity index (χ1n) is 14.6. The van der Waals surface area contributed by atoms with Crippen LogP contribution in [-0.4, -0.2) is 21.5 Å². The Bertz CT molecular complexity index is 1170. The number of unbranched alkanes of at least 4 members (excludes halogenated alkanes) is 2. The molecule has 0 saturated heterocycles. The van der Waals surface area contributed by atoms with Gasteiger partial charge in [-0.25, -0.2) is 0 Å². The maximum Gasteiger partial charge on any atom is 0.191 e. The molecule has 0 saturated carbocycles. The third-order valence-corrected chi connectivity index (χ3v) is 12.6. The highest BCUT2D eigenvalue weighted by atomic mass is 28.4. The Hall–Kier alpha value is -2.30. The van der Waals surface area contributed by atoms with Crippen molar-refractivity contribution in [3.8, 4) is 17.1 Å². The van der Waals surface area contributed by atoms with Crippen molar-refractivity contribution in [3.63, 3.8) is 0 Å². The van der Waals surface area contributed by atoms with Gasteiger partial charge >= 0.3 is 0 Å². The lowest BCUT2D eigenvalue weighted by Gasteiger charge is -2.37. The molecule has 38 heavy (non-hydrogen) atoms. The normalized spacial score (nSPS) is 13.1. The summed E-state index contributed by atoms with van der Waals surface area (Å²) >= 11 is 0. The highest BCUT2D eigenvalue weighted by molar-refractivity contribution is 6.74. The van der Waals surface area contributed by atoms with E-state index in [9.17, 15) is 0 Å². The summed E-state index contributed by atoms with van der Waals surface area (Å²) < 4.78 is 19.2. The Morgan fingerprint density at radius 3 is 2.47 bits per heavy atom. The van der Waals surface area contributed by atoms with Crippen molar-refractivity contribution in [1.82, 2.24) is 0 Å². The zero-order valence-corrected chi connectivity index (χ0v) is 26.0. The first kappa shape index (κ1) is 30.2. The number of aryl methyl sites for hydroxylation is 2. The predicted octanol–water partition coefficient (Wildman–Crippen LogP) is 10.4. The van der Waals surface area contributed by atoms with Crippen molar-refractivity contribution in [2.45, 2.75) is 97.7 Å². The van der Waals surface area contributed by atoms with Gasteiger partial charge < -0.3 is 13.6 Å². The summed E-state index contributed by atoms with van der Waals surface area (Å²) in [5.41, 5.74) is 4.83. The Balaban J connectivity index is 1.71. The van der Waals surface area contributed by atoms with Crippen molar-refractivity contribution in [2.75, 3.05) is 13.2 Å². The summed E-state index contributed by atoms with van der Waals surface area (Å²) in [4.78, 5) is 0. The zero-order valence-electron chi connectivity index (χ0n) is 25.0. The van der Waals surface area contributed by atoms with E-state index in [1.165, 1.54) is 36.0 Å². The van der Waals surface area contributed by atoms with Gasteiger partial charge in [-0.05, 0) is 79.6 Å². The van der Waals surface area contributed by atoms with Crippen molar-refractivity contribution < 1.29 is 13.6 Å². The topological polar surface area (TPSA) is 31.6 Å². The third kappa shape index (κ3) is 8.10. The van der Waals surface area contributed by atoms with Gasteiger partial charge in [-0.1, -0.05) is 71.7 Å². The molecule has 0 aliphatic heterocycles. The lowest BCUT2D eigenvalue weighted by molar-refractivity contribution is 0.160. The maximum atomic E-state index is 6.53. The molecular formula is C34H50O3Si. The average molecular weight is 535 g/mol. The molecule has 0 amide bonds. The predicted molar refractivity (Wildman–Crippen MR) is 166 cm³/mol. The van der Waals surface area contributed by atoms with Crippen molar-refractivity contribution in [2.24, 2.45) is 5.92 Å². The molecule has 2 aromatic carbocycles. The number of ether oxygens (including phenoxy) is 1. The second-order valence-corrected chi connectivity index (χ2v) is 17.0. The Morgan fingerprint density at radius 1 is 1.00 bits per heavy atom. The smallest absolute Gasteiger partial charge is 0.191 e. The number of benzene rings is 2. The Kier molecular flexibility index (Phi) is 10.9. The van der Waals surface area contributed by atoms with Crippen molar-refractivity contribution in [1.29, 1.82) is 0 Å². The molecule has 0 N–H and O–H groups in total. The number of hydrogen-bond acceptors (Lipinski definition) is 3. The van der Waals surface area contributed by atoms with Crippen LogP contribution in [0.5, 0.6) is 5.75 Å². The van der Waals surface area contributed by atoms with Gasteiger partial charge in [0.05, 0.1) is 6.61 Å². The van der Waals surface area contributed by atoms with Gasteiger partial charge in [0.25, 0.3) is 0 Å². The summed E-state index contributed by atoms with van der Waals surface area (Å²) in [5, 5.41) is 1.30. The van der Waals surface area contributed by atoms with E-state index in [4.69, 9.17) is 13.6 Å². The molecule has 1 aromatic heterocycles. The highest BCUT2D eigenvalue weighted by Crippen LogP contribution is 2.37. The lowest BCUT2D eigenvalue weighted by atomic mass is 9.97. The molecule has 0 aliphatic carbocycles. The summed E-state index contributed by atoms with van der Waals surface area (Å²) in [7, 11) is -1.80. The maximum absolute atomic E-state index is 6.53. The van der Waals surface area contributed by atoms with E-state index in [-0.39, 0.29) is 5.04 Å². The van der Waals surface area contributed by atoms with Crippen LogP contribution < -0.4 is 4.74 Å². The van der Waals surface area contributed by atoms with E-state index < -0.39 is 8.32 Å². The van der Waals surface area contributed by atoms with Gasteiger partial charge in [0.2, 0.25) is 0 Å². The molecule has 208 valence electrons. The van der Waals surface area contributed by atoms with Gasteiger partial charge in [-0.3, -0.25) is 0 Å². The van der Waals surface area contributed by atoms with E-state index in [1.807, 2.05) is 12.1 Å². The third-order valence-electron chi connectivity index (χ3n) is 8.13. The number of allylic oxidation sites excluding steroid dienone is 1. The molecule has 3 rings (SSSR count). The number of fused-ring (bicyclic) bond motifs is 1. The van der Waals surface area contributed by atoms with Gasteiger partial charge in [0, 0.05) is 29.5 Å². The molecule has 3 nitrogen and oxygen atoms in total. The van der Waals surface area contributed by atoms with Crippen LogP contribution in [0.2, 0.25) is 18.1 Å². The fourth-order valence-corrected chi connectivity index (χ4v) is 5.56. The summed E-state index contributed by atoms with van der Waals surface area (Å²) in [5.74, 6) is 2.10. The largest absolute Gasteiger partial charge is 0.493 e. The minimum Gasteiger partial charge on any atom is -0.493 e. The van der Waals surface area contributed by atoms with E-state index in [0.29, 0.717) is 12.5 Å². The fraction of sp³-hybridized carbons (Fsp3) is 0.529. The first-order valence-corrected chi connectivity index (χ1v) is 17.5. The molecule has 3 aromatic rings.